The van der Waals surface area contributed by atoms with Crippen LogP contribution in [-0.2, 0) is 0 Å². The first-order valence-corrected chi connectivity index (χ1v) is 6.53. The predicted molar refractivity (Wildman–Crippen MR) is 70.4 cm³/mol. The van der Waals surface area contributed by atoms with Gasteiger partial charge in [0.1, 0.15) is 11.7 Å². The number of nitrogens with one attached hydrogen (secondary N) is 1. The van der Waals surface area contributed by atoms with Crippen LogP contribution in [0.3, 0.4) is 0 Å². The van der Waals surface area contributed by atoms with Gasteiger partial charge >= 0.3 is 0 Å². The second kappa shape index (κ2) is 5.47. The number of rotatable bonds is 5. The Hall–Kier alpha value is -1.44. The minimum atomic E-state index is -0.169. The molecule has 0 saturated heterocycles. The number of hydrogen-bond donors (Lipinski definition) is 2. The quantitative estimate of drug-likeness (QED) is 0.634. The van der Waals surface area contributed by atoms with Crippen molar-refractivity contribution in [2.24, 2.45) is 5.84 Å². The smallest absolute Gasteiger partial charge is 0.162 e. The van der Waals surface area contributed by atoms with Gasteiger partial charge in [-0.05, 0) is 13.8 Å². The summed E-state index contributed by atoms with van der Waals surface area (Å²) in [7, 11) is 1.63. The number of methoxy groups -OCH3 is 1. The molecule has 6 nitrogen and oxygen atoms in total. The fourth-order valence-corrected chi connectivity index (χ4v) is 2.54. The Morgan fingerprint density at radius 3 is 2.72 bits per heavy atom. The summed E-state index contributed by atoms with van der Waals surface area (Å²) in [5.74, 6) is 6.40. The number of nitrogens with two attached hydrogens (primary N) is 1. The maximum absolute atomic E-state index is 5.68. The Labute approximate surface area is 110 Å². The van der Waals surface area contributed by atoms with Gasteiger partial charge < -0.3 is 4.74 Å². The van der Waals surface area contributed by atoms with Crippen LogP contribution < -0.4 is 16.0 Å². The molecule has 7 heteroatoms. The summed E-state index contributed by atoms with van der Waals surface area (Å²) in [6.07, 6.45) is 3.51. The summed E-state index contributed by atoms with van der Waals surface area (Å²) in [4.78, 5) is 5.11. The lowest BCUT2D eigenvalue weighted by Gasteiger charge is -2.19. The van der Waals surface area contributed by atoms with Gasteiger partial charge in [-0.25, -0.2) is 5.43 Å². The monoisotopic (exact) mass is 267 g/mol. The Balaban J connectivity index is 2.50. The van der Waals surface area contributed by atoms with Crippen molar-refractivity contribution >= 4 is 11.3 Å². The predicted octanol–water partition coefficient (Wildman–Crippen LogP) is 1.48. The fourth-order valence-electron chi connectivity index (χ4n) is 1.86. The molecule has 3 N–H and O–H groups in total. The standard InChI is InChI=1S/C11H17N5OS/c1-7(2)16-11(8(17-3)4-14-16)10(15-12)9-5-13-6-18-9/h4-7,10,15H,12H2,1-3H3. The van der Waals surface area contributed by atoms with E-state index in [2.05, 4.69) is 29.4 Å². The van der Waals surface area contributed by atoms with Crippen molar-refractivity contribution in [3.05, 3.63) is 28.5 Å². The second-order valence-electron chi connectivity index (χ2n) is 4.14. The van der Waals surface area contributed by atoms with E-state index >= 15 is 0 Å². The minimum absolute atomic E-state index is 0.169. The van der Waals surface area contributed by atoms with Gasteiger partial charge in [0.2, 0.25) is 0 Å². The Kier molecular flexibility index (Phi) is 3.95. The number of hydrogen-bond acceptors (Lipinski definition) is 6. The fraction of sp³-hybridized carbons (Fsp3) is 0.455. The molecule has 0 amide bonds. The number of nitrogens with zero attached hydrogens (tertiary/aromatic N) is 3. The summed E-state index contributed by atoms with van der Waals surface area (Å²) in [5.41, 5.74) is 5.50. The van der Waals surface area contributed by atoms with Gasteiger partial charge in [-0.1, -0.05) is 0 Å². The summed E-state index contributed by atoms with van der Waals surface area (Å²) < 4.78 is 7.27. The van der Waals surface area contributed by atoms with Gasteiger partial charge in [-0.15, -0.1) is 11.3 Å². The molecule has 98 valence electrons. The first kappa shape index (κ1) is 13.0. The molecular weight excluding hydrogens is 250 g/mol. The molecule has 2 aromatic rings. The third kappa shape index (κ3) is 2.24. The number of ether oxygens (including phenoxy) is 1. The molecule has 0 aliphatic carbocycles. The van der Waals surface area contributed by atoms with Crippen molar-refractivity contribution in [2.45, 2.75) is 25.9 Å². The molecule has 2 rings (SSSR count). The van der Waals surface area contributed by atoms with Gasteiger partial charge in [-0.3, -0.25) is 15.5 Å². The van der Waals surface area contributed by atoms with Crippen LogP contribution in [0.1, 0.15) is 36.5 Å². The highest BCUT2D eigenvalue weighted by atomic mass is 32.1. The summed E-state index contributed by atoms with van der Waals surface area (Å²) in [6, 6.07) is 0.0602. The van der Waals surface area contributed by atoms with Crippen molar-refractivity contribution in [3.63, 3.8) is 0 Å². The van der Waals surface area contributed by atoms with Crippen LogP contribution in [0, 0.1) is 0 Å². The zero-order chi connectivity index (χ0) is 13.1. The maximum Gasteiger partial charge on any atom is 0.162 e. The van der Waals surface area contributed by atoms with Crippen molar-refractivity contribution in [1.82, 2.24) is 20.2 Å². The van der Waals surface area contributed by atoms with Crippen molar-refractivity contribution in [1.29, 1.82) is 0 Å². The number of aromatic nitrogens is 3. The lowest BCUT2D eigenvalue weighted by Crippen LogP contribution is -2.30. The van der Waals surface area contributed by atoms with E-state index in [1.165, 1.54) is 0 Å². The van der Waals surface area contributed by atoms with E-state index in [9.17, 15) is 0 Å². The third-order valence-electron chi connectivity index (χ3n) is 2.68. The van der Waals surface area contributed by atoms with Crippen LogP contribution >= 0.6 is 11.3 Å². The van der Waals surface area contributed by atoms with Gasteiger partial charge in [0.25, 0.3) is 0 Å². The van der Waals surface area contributed by atoms with Crippen molar-refractivity contribution in [2.75, 3.05) is 7.11 Å². The largest absolute Gasteiger partial charge is 0.493 e. The van der Waals surface area contributed by atoms with Crippen LogP contribution in [-0.4, -0.2) is 21.9 Å². The summed E-state index contributed by atoms with van der Waals surface area (Å²) >= 11 is 1.54. The van der Waals surface area contributed by atoms with Gasteiger partial charge in [0.05, 0.1) is 18.8 Å². The highest BCUT2D eigenvalue weighted by Gasteiger charge is 2.24. The summed E-state index contributed by atoms with van der Waals surface area (Å²) in [5, 5.41) is 4.35. The van der Waals surface area contributed by atoms with Gasteiger partial charge in [-0.2, -0.15) is 5.10 Å². The molecule has 0 bridgehead atoms. The van der Waals surface area contributed by atoms with Gasteiger partial charge in [0, 0.05) is 17.1 Å². The Bertz CT molecular complexity index is 494. The second-order valence-corrected chi connectivity index (χ2v) is 5.06. The summed E-state index contributed by atoms with van der Waals surface area (Å²) in [6.45, 7) is 4.13. The average Bonchev–Trinajstić information content (AvgIpc) is 2.99. The Morgan fingerprint density at radius 2 is 2.22 bits per heavy atom. The normalized spacial score (nSPS) is 12.9. The van der Waals surface area contributed by atoms with E-state index in [1.54, 1.807) is 36.4 Å². The third-order valence-corrected chi connectivity index (χ3v) is 3.52. The molecule has 0 fully saturated rings. The molecule has 1 atom stereocenters. The van der Waals surface area contributed by atoms with E-state index in [-0.39, 0.29) is 12.1 Å². The molecule has 0 aliphatic heterocycles. The first-order valence-electron chi connectivity index (χ1n) is 5.65. The van der Waals surface area contributed by atoms with Crippen LogP contribution in [0.2, 0.25) is 0 Å². The maximum atomic E-state index is 5.68. The molecule has 0 aromatic carbocycles. The van der Waals surface area contributed by atoms with Crippen molar-refractivity contribution in [3.8, 4) is 5.75 Å². The zero-order valence-corrected chi connectivity index (χ0v) is 11.4. The average molecular weight is 267 g/mol. The Morgan fingerprint density at radius 1 is 1.44 bits per heavy atom. The molecule has 2 aromatic heterocycles. The van der Waals surface area contributed by atoms with Crippen LogP contribution in [0.25, 0.3) is 0 Å². The van der Waals surface area contributed by atoms with E-state index in [0.29, 0.717) is 0 Å². The minimum Gasteiger partial charge on any atom is -0.493 e. The molecule has 0 spiro atoms. The SMILES string of the molecule is COc1cnn(C(C)C)c1C(NN)c1cncs1. The molecule has 0 radical (unpaired) electrons. The lowest BCUT2D eigenvalue weighted by atomic mass is 10.1. The van der Waals surface area contributed by atoms with Crippen LogP contribution in [0.15, 0.2) is 17.9 Å². The zero-order valence-electron chi connectivity index (χ0n) is 10.6. The number of hydrazine groups is 1. The molecule has 18 heavy (non-hydrogen) atoms. The van der Waals surface area contributed by atoms with Crippen LogP contribution in [0.4, 0.5) is 0 Å². The van der Waals surface area contributed by atoms with E-state index in [1.807, 2.05) is 4.68 Å². The topological polar surface area (TPSA) is 78.0 Å². The number of thiazole rings is 1. The molecular formula is C11H17N5OS. The highest BCUT2D eigenvalue weighted by molar-refractivity contribution is 7.09. The highest BCUT2D eigenvalue weighted by Crippen LogP contribution is 2.32. The molecule has 0 aliphatic rings. The molecule has 1 unspecified atom stereocenters. The van der Waals surface area contributed by atoms with E-state index < -0.39 is 0 Å². The van der Waals surface area contributed by atoms with Gasteiger partial charge in [0.15, 0.2) is 5.75 Å². The van der Waals surface area contributed by atoms with E-state index in [0.717, 1.165) is 16.3 Å². The lowest BCUT2D eigenvalue weighted by molar-refractivity contribution is 0.394. The molecule has 0 saturated carbocycles. The van der Waals surface area contributed by atoms with E-state index in [4.69, 9.17) is 10.6 Å². The molecule has 2 heterocycles. The first-order chi connectivity index (χ1) is 8.69. The van der Waals surface area contributed by atoms with Crippen LogP contribution in [0.5, 0.6) is 5.75 Å². The van der Waals surface area contributed by atoms with Crippen molar-refractivity contribution < 1.29 is 4.74 Å².